The van der Waals surface area contributed by atoms with Crippen molar-refractivity contribution < 1.29 is 0 Å². The summed E-state index contributed by atoms with van der Waals surface area (Å²) in [7, 11) is 4.18. The van der Waals surface area contributed by atoms with Crippen molar-refractivity contribution in [1.29, 1.82) is 0 Å². The van der Waals surface area contributed by atoms with E-state index in [1.54, 1.807) is 0 Å². The Morgan fingerprint density at radius 1 is 0.882 bits per heavy atom. The quantitative estimate of drug-likeness (QED) is 0.609. The fraction of sp³-hybridized carbons (Fsp3) is 0.250. The Bertz CT molecular complexity index is 582. The van der Waals surface area contributed by atoms with Gasteiger partial charge in [0.1, 0.15) is 0 Å². The van der Waals surface area contributed by atoms with Gasteiger partial charge in [-0.25, -0.2) is 0 Å². The second-order valence-corrected chi connectivity index (χ2v) is 5.07. The van der Waals surface area contributed by atoms with Crippen LogP contribution in [0.25, 0.3) is 11.1 Å². The molecule has 0 aromatic heterocycles. The third-order valence-corrected chi connectivity index (χ3v) is 3.54. The summed E-state index contributed by atoms with van der Waals surface area (Å²) >= 11 is 0. The Labute approximate surface area is 103 Å². The lowest BCUT2D eigenvalue weighted by Gasteiger charge is -2.13. The fourth-order valence-electron chi connectivity index (χ4n) is 2.60. The van der Waals surface area contributed by atoms with Crippen LogP contribution in [0.3, 0.4) is 0 Å². The van der Waals surface area contributed by atoms with Crippen LogP contribution >= 0.6 is 0 Å². The Morgan fingerprint density at radius 2 is 1.53 bits per heavy atom. The molecule has 0 spiro atoms. The van der Waals surface area contributed by atoms with E-state index in [1.165, 1.54) is 33.5 Å². The number of aryl methyl sites for hydroxylation is 1. The summed E-state index contributed by atoms with van der Waals surface area (Å²) in [6.45, 7) is 2.16. The Morgan fingerprint density at radius 3 is 2.24 bits per heavy atom. The van der Waals surface area contributed by atoms with Gasteiger partial charge in [0.25, 0.3) is 0 Å². The van der Waals surface area contributed by atoms with E-state index in [-0.39, 0.29) is 0 Å². The minimum atomic E-state index is 1.08. The van der Waals surface area contributed by atoms with Gasteiger partial charge in [0.2, 0.25) is 0 Å². The molecule has 1 heteroatoms. The molecule has 0 N–H and O–H groups in total. The molecular weight excluding hydrogens is 206 g/mol. The summed E-state index contributed by atoms with van der Waals surface area (Å²) in [5.41, 5.74) is 8.38. The predicted molar refractivity (Wildman–Crippen MR) is 73.7 cm³/mol. The largest absolute Gasteiger partial charge is 0.378 e. The Balaban J connectivity index is 2.12. The topological polar surface area (TPSA) is 3.24 Å². The number of anilines is 1. The van der Waals surface area contributed by atoms with E-state index in [2.05, 4.69) is 62.3 Å². The number of nitrogens with zero attached hydrogens (tertiary/aromatic N) is 1. The first-order valence-corrected chi connectivity index (χ1v) is 6.05. The van der Waals surface area contributed by atoms with Gasteiger partial charge in [-0.3, -0.25) is 0 Å². The lowest BCUT2D eigenvalue weighted by atomic mass is 10.0. The van der Waals surface area contributed by atoms with Crippen LogP contribution in [0.15, 0.2) is 36.4 Å². The van der Waals surface area contributed by atoms with Gasteiger partial charge in [-0.05, 0) is 47.7 Å². The van der Waals surface area contributed by atoms with Crippen molar-refractivity contribution in [1.82, 2.24) is 0 Å². The smallest absolute Gasteiger partial charge is 0.0364 e. The lowest BCUT2D eigenvalue weighted by molar-refractivity contribution is 1.12. The van der Waals surface area contributed by atoms with E-state index in [9.17, 15) is 0 Å². The van der Waals surface area contributed by atoms with E-state index in [4.69, 9.17) is 0 Å². The number of hydrogen-bond acceptors (Lipinski definition) is 1. The van der Waals surface area contributed by atoms with E-state index < -0.39 is 0 Å². The van der Waals surface area contributed by atoms with Crippen molar-refractivity contribution in [3.63, 3.8) is 0 Å². The number of hydrogen-bond donors (Lipinski definition) is 0. The first-order chi connectivity index (χ1) is 8.15. The summed E-state index contributed by atoms with van der Waals surface area (Å²) in [6.07, 6.45) is 1.08. The summed E-state index contributed by atoms with van der Waals surface area (Å²) in [4.78, 5) is 2.16. The first-order valence-electron chi connectivity index (χ1n) is 6.05. The van der Waals surface area contributed by atoms with Crippen molar-refractivity contribution in [2.24, 2.45) is 0 Å². The summed E-state index contributed by atoms with van der Waals surface area (Å²) in [6, 6.07) is 13.5. The van der Waals surface area contributed by atoms with Crippen molar-refractivity contribution in [2.45, 2.75) is 13.3 Å². The molecule has 0 bridgehead atoms. The molecule has 0 saturated carbocycles. The maximum atomic E-state index is 2.31. The molecule has 2 aromatic carbocycles. The second kappa shape index (κ2) is 3.63. The zero-order valence-corrected chi connectivity index (χ0v) is 10.6. The summed E-state index contributed by atoms with van der Waals surface area (Å²) in [5, 5.41) is 0. The molecule has 0 atom stereocenters. The standard InChI is InChI=1S/C16H17N/c1-11-4-6-15-12(8-11)9-13-10-14(17(2)3)5-7-16(13)15/h4-8,10H,9H2,1-3H3. The fourth-order valence-corrected chi connectivity index (χ4v) is 2.60. The molecule has 1 aliphatic carbocycles. The van der Waals surface area contributed by atoms with Crippen LogP contribution in [0.5, 0.6) is 0 Å². The maximum absolute atomic E-state index is 2.31. The van der Waals surface area contributed by atoms with Gasteiger partial charge in [-0.15, -0.1) is 0 Å². The van der Waals surface area contributed by atoms with Crippen molar-refractivity contribution in [2.75, 3.05) is 19.0 Å². The molecule has 2 aromatic rings. The Kier molecular flexibility index (Phi) is 2.22. The molecule has 1 nitrogen and oxygen atoms in total. The highest BCUT2D eigenvalue weighted by molar-refractivity contribution is 5.79. The molecule has 0 saturated heterocycles. The molecule has 3 rings (SSSR count). The van der Waals surface area contributed by atoms with Crippen molar-refractivity contribution in [3.05, 3.63) is 53.1 Å². The normalized spacial score (nSPS) is 12.2. The summed E-state index contributed by atoms with van der Waals surface area (Å²) < 4.78 is 0. The highest BCUT2D eigenvalue weighted by atomic mass is 15.1. The third kappa shape index (κ3) is 1.62. The van der Waals surface area contributed by atoms with Crippen LogP contribution in [-0.4, -0.2) is 14.1 Å². The molecule has 0 fully saturated rings. The van der Waals surface area contributed by atoms with Crippen LogP contribution in [0.4, 0.5) is 5.69 Å². The van der Waals surface area contributed by atoms with Gasteiger partial charge >= 0.3 is 0 Å². The van der Waals surface area contributed by atoms with Crippen molar-refractivity contribution in [3.8, 4) is 11.1 Å². The molecule has 1 aliphatic rings. The van der Waals surface area contributed by atoms with E-state index in [1.807, 2.05) is 0 Å². The summed E-state index contributed by atoms with van der Waals surface area (Å²) in [5.74, 6) is 0. The molecule has 17 heavy (non-hydrogen) atoms. The van der Waals surface area contributed by atoms with Crippen LogP contribution < -0.4 is 4.90 Å². The van der Waals surface area contributed by atoms with Crippen LogP contribution in [0.1, 0.15) is 16.7 Å². The molecule has 0 amide bonds. The van der Waals surface area contributed by atoms with Gasteiger partial charge in [-0.1, -0.05) is 29.8 Å². The zero-order valence-electron chi connectivity index (χ0n) is 10.6. The van der Waals surface area contributed by atoms with Gasteiger partial charge in [0.15, 0.2) is 0 Å². The van der Waals surface area contributed by atoms with Gasteiger partial charge < -0.3 is 4.90 Å². The minimum absolute atomic E-state index is 1.08. The molecule has 0 aliphatic heterocycles. The van der Waals surface area contributed by atoms with Gasteiger partial charge in [0, 0.05) is 19.8 Å². The highest BCUT2D eigenvalue weighted by Gasteiger charge is 2.18. The van der Waals surface area contributed by atoms with E-state index in [0.717, 1.165) is 6.42 Å². The van der Waals surface area contributed by atoms with E-state index in [0.29, 0.717) is 0 Å². The highest BCUT2D eigenvalue weighted by Crippen LogP contribution is 2.38. The van der Waals surface area contributed by atoms with Gasteiger partial charge in [0.05, 0.1) is 0 Å². The molecule has 86 valence electrons. The Hall–Kier alpha value is -1.76. The number of fused-ring (bicyclic) bond motifs is 3. The first kappa shape index (κ1) is 10.4. The van der Waals surface area contributed by atoms with Crippen LogP contribution in [0, 0.1) is 6.92 Å². The average molecular weight is 223 g/mol. The molecule has 0 heterocycles. The minimum Gasteiger partial charge on any atom is -0.378 e. The SMILES string of the molecule is Cc1ccc2c(c1)Cc1cc(N(C)C)ccc1-2. The predicted octanol–water partition coefficient (Wildman–Crippen LogP) is 3.63. The van der Waals surface area contributed by atoms with Gasteiger partial charge in [-0.2, -0.15) is 0 Å². The molecule has 0 radical (unpaired) electrons. The molecular formula is C16H17N. The average Bonchev–Trinajstić information content (AvgIpc) is 2.64. The van der Waals surface area contributed by atoms with Crippen LogP contribution in [-0.2, 0) is 6.42 Å². The monoisotopic (exact) mass is 223 g/mol. The van der Waals surface area contributed by atoms with E-state index >= 15 is 0 Å². The lowest BCUT2D eigenvalue weighted by Crippen LogP contribution is -2.08. The van der Waals surface area contributed by atoms with Crippen molar-refractivity contribution >= 4 is 5.69 Å². The number of benzene rings is 2. The number of rotatable bonds is 1. The van der Waals surface area contributed by atoms with Crippen LogP contribution in [0.2, 0.25) is 0 Å². The zero-order chi connectivity index (χ0) is 12.0. The second-order valence-electron chi connectivity index (χ2n) is 5.07. The maximum Gasteiger partial charge on any atom is 0.0364 e. The molecule has 0 unspecified atom stereocenters. The third-order valence-electron chi connectivity index (χ3n) is 3.54.